The lowest BCUT2D eigenvalue weighted by Crippen LogP contribution is -2.48. The fraction of sp³-hybridized carbons (Fsp3) is 0.421. The third-order valence-corrected chi connectivity index (χ3v) is 4.49. The summed E-state index contributed by atoms with van der Waals surface area (Å²) in [7, 11) is 0. The predicted octanol–water partition coefficient (Wildman–Crippen LogP) is 2.89. The molecule has 3 rings (SSSR count). The van der Waals surface area contributed by atoms with Gasteiger partial charge in [-0.3, -0.25) is 4.90 Å². The number of aromatic nitrogens is 2. The Kier molecular flexibility index (Phi) is 5.94. The normalized spacial score (nSPS) is 21.4. The van der Waals surface area contributed by atoms with E-state index >= 15 is 0 Å². The van der Waals surface area contributed by atoms with Gasteiger partial charge in [0, 0.05) is 37.6 Å². The summed E-state index contributed by atoms with van der Waals surface area (Å²) in [6.07, 6.45) is 2.76. The van der Waals surface area contributed by atoms with Crippen LogP contribution in [0, 0.1) is 23.0 Å². The van der Waals surface area contributed by atoms with Crippen molar-refractivity contribution in [3.63, 3.8) is 0 Å². The van der Waals surface area contributed by atoms with E-state index in [4.69, 9.17) is 10.00 Å². The molecule has 142 valence electrons. The number of benzene rings is 1. The number of anilines is 1. The number of halogens is 2. The molecule has 1 aliphatic heterocycles. The zero-order valence-electron chi connectivity index (χ0n) is 15.2. The molecule has 1 aromatic heterocycles. The highest BCUT2D eigenvalue weighted by molar-refractivity contribution is 5.47. The van der Waals surface area contributed by atoms with Crippen molar-refractivity contribution in [2.75, 3.05) is 25.0 Å². The third-order valence-electron chi connectivity index (χ3n) is 4.49. The zero-order valence-corrected chi connectivity index (χ0v) is 15.2. The summed E-state index contributed by atoms with van der Waals surface area (Å²) >= 11 is 0. The van der Waals surface area contributed by atoms with Crippen molar-refractivity contribution in [1.82, 2.24) is 14.9 Å². The number of rotatable bonds is 5. The Balaban J connectivity index is 1.91. The summed E-state index contributed by atoms with van der Waals surface area (Å²) in [6, 6.07) is 5.22. The summed E-state index contributed by atoms with van der Waals surface area (Å²) in [6.45, 7) is 5.11. The number of morpholine rings is 1. The van der Waals surface area contributed by atoms with Crippen LogP contribution in [0.3, 0.4) is 0 Å². The summed E-state index contributed by atoms with van der Waals surface area (Å²) in [5, 5.41) is 12.2. The van der Waals surface area contributed by atoms with Crippen LogP contribution in [0.25, 0.3) is 0 Å². The van der Waals surface area contributed by atoms with Crippen LogP contribution in [0.2, 0.25) is 0 Å². The molecule has 2 heterocycles. The first kappa shape index (κ1) is 19.1. The molecule has 0 aliphatic carbocycles. The van der Waals surface area contributed by atoms with E-state index in [1.165, 1.54) is 30.6 Å². The lowest BCUT2D eigenvalue weighted by atomic mass is 10.0. The Labute approximate surface area is 156 Å². The van der Waals surface area contributed by atoms with E-state index in [1.54, 1.807) is 0 Å². The molecule has 1 aromatic carbocycles. The van der Waals surface area contributed by atoms with Crippen LogP contribution in [0.15, 0.2) is 30.6 Å². The fourth-order valence-corrected chi connectivity index (χ4v) is 3.46. The van der Waals surface area contributed by atoms with Crippen LogP contribution in [0.4, 0.5) is 14.6 Å². The topological polar surface area (TPSA) is 74.1 Å². The van der Waals surface area contributed by atoms with Crippen LogP contribution in [0.5, 0.6) is 0 Å². The van der Waals surface area contributed by atoms with Crippen LogP contribution in [-0.2, 0) is 4.74 Å². The first-order chi connectivity index (χ1) is 13.0. The number of hydrogen-bond acceptors (Lipinski definition) is 6. The highest BCUT2D eigenvalue weighted by Gasteiger charge is 2.32. The van der Waals surface area contributed by atoms with E-state index in [2.05, 4.69) is 15.3 Å². The standard InChI is InChI=1S/C19H21F2N5O/c1-12-10-26(11-13(2)27-12)17(18-14(20)4-3-5-15(18)21)9-25-19-16(8-22)23-6-7-24-19/h3-7,12-13,17H,9-11H2,1-2H3,(H,24,25). The summed E-state index contributed by atoms with van der Waals surface area (Å²) < 4.78 is 34.8. The Morgan fingerprint density at radius 2 is 1.85 bits per heavy atom. The second-order valence-electron chi connectivity index (χ2n) is 6.61. The van der Waals surface area contributed by atoms with E-state index < -0.39 is 17.7 Å². The zero-order chi connectivity index (χ0) is 19.4. The maximum Gasteiger partial charge on any atom is 0.182 e. The van der Waals surface area contributed by atoms with Gasteiger partial charge >= 0.3 is 0 Å². The van der Waals surface area contributed by atoms with Gasteiger partial charge in [-0.1, -0.05) is 6.07 Å². The molecular formula is C19H21F2N5O. The molecule has 0 radical (unpaired) electrons. The molecule has 2 aromatic rings. The molecule has 0 bridgehead atoms. The molecule has 0 amide bonds. The molecule has 3 atom stereocenters. The summed E-state index contributed by atoms with van der Waals surface area (Å²) in [5.74, 6) is -0.919. The number of ether oxygens (including phenoxy) is 1. The van der Waals surface area contributed by atoms with Gasteiger partial charge in [-0.2, -0.15) is 5.26 Å². The molecule has 6 nitrogen and oxygen atoms in total. The lowest BCUT2D eigenvalue weighted by Gasteiger charge is -2.40. The van der Waals surface area contributed by atoms with Gasteiger partial charge < -0.3 is 10.1 Å². The quantitative estimate of drug-likeness (QED) is 0.869. The predicted molar refractivity (Wildman–Crippen MR) is 95.9 cm³/mol. The Hall–Kier alpha value is -2.63. The van der Waals surface area contributed by atoms with Gasteiger partial charge in [0.15, 0.2) is 11.5 Å². The molecular weight excluding hydrogens is 352 g/mol. The van der Waals surface area contributed by atoms with Crippen LogP contribution in [-0.4, -0.2) is 46.7 Å². The van der Waals surface area contributed by atoms with Crippen molar-refractivity contribution in [3.8, 4) is 6.07 Å². The smallest absolute Gasteiger partial charge is 0.182 e. The molecule has 0 saturated carbocycles. The minimum Gasteiger partial charge on any atom is -0.373 e. The van der Waals surface area contributed by atoms with Gasteiger partial charge in [0.2, 0.25) is 0 Å². The van der Waals surface area contributed by atoms with Gasteiger partial charge in [0.05, 0.1) is 18.2 Å². The minimum atomic E-state index is -0.603. The molecule has 1 aliphatic rings. The maximum atomic E-state index is 14.5. The van der Waals surface area contributed by atoms with E-state index in [-0.39, 0.29) is 35.8 Å². The summed E-state index contributed by atoms with van der Waals surface area (Å²) in [5.41, 5.74) is 0.127. The van der Waals surface area contributed by atoms with Crippen LogP contribution in [0.1, 0.15) is 31.1 Å². The van der Waals surface area contributed by atoms with Gasteiger partial charge in [-0.25, -0.2) is 18.7 Å². The second-order valence-corrected chi connectivity index (χ2v) is 6.61. The maximum absolute atomic E-state index is 14.5. The third kappa shape index (κ3) is 4.38. The van der Waals surface area contributed by atoms with Crippen molar-refractivity contribution >= 4 is 5.82 Å². The summed E-state index contributed by atoms with van der Waals surface area (Å²) in [4.78, 5) is 10.1. The average molecular weight is 373 g/mol. The first-order valence-electron chi connectivity index (χ1n) is 8.78. The highest BCUT2D eigenvalue weighted by atomic mass is 19.1. The van der Waals surface area contributed by atoms with Crippen LogP contribution >= 0.6 is 0 Å². The number of hydrogen-bond donors (Lipinski definition) is 1. The molecule has 0 spiro atoms. The molecule has 1 fully saturated rings. The Morgan fingerprint density at radius 3 is 2.48 bits per heavy atom. The van der Waals surface area contributed by atoms with Gasteiger partial charge in [0.1, 0.15) is 17.7 Å². The largest absolute Gasteiger partial charge is 0.373 e. The minimum absolute atomic E-state index is 0.00584. The SMILES string of the molecule is CC1CN(C(CNc2nccnc2C#N)c2c(F)cccc2F)CC(C)O1. The van der Waals surface area contributed by atoms with E-state index in [1.807, 2.05) is 24.8 Å². The Bertz CT molecular complexity index is 811. The van der Waals surface area contributed by atoms with Gasteiger partial charge in [-0.05, 0) is 26.0 Å². The molecule has 8 heteroatoms. The number of nitrogens with zero attached hydrogens (tertiary/aromatic N) is 4. The first-order valence-corrected chi connectivity index (χ1v) is 8.78. The van der Waals surface area contributed by atoms with Crippen molar-refractivity contribution in [3.05, 3.63) is 53.5 Å². The molecule has 27 heavy (non-hydrogen) atoms. The van der Waals surface area contributed by atoms with Gasteiger partial charge in [0.25, 0.3) is 0 Å². The van der Waals surface area contributed by atoms with Gasteiger partial charge in [-0.15, -0.1) is 0 Å². The molecule has 1 N–H and O–H groups in total. The number of nitriles is 1. The van der Waals surface area contributed by atoms with E-state index in [0.717, 1.165) is 0 Å². The van der Waals surface area contributed by atoms with E-state index in [9.17, 15) is 8.78 Å². The van der Waals surface area contributed by atoms with Crippen molar-refractivity contribution in [1.29, 1.82) is 5.26 Å². The number of nitrogens with one attached hydrogen (secondary N) is 1. The van der Waals surface area contributed by atoms with Crippen molar-refractivity contribution < 1.29 is 13.5 Å². The lowest BCUT2D eigenvalue weighted by molar-refractivity contribution is -0.0801. The fourth-order valence-electron chi connectivity index (χ4n) is 3.46. The average Bonchev–Trinajstić information content (AvgIpc) is 2.63. The monoisotopic (exact) mass is 373 g/mol. The highest BCUT2D eigenvalue weighted by Crippen LogP contribution is 2.29. The van der Waals surface area contributed by atoms with E-state index in [0.29, 0.717) is 13.1 Å². The van der Waals surface area contributed by atoms with Crippen LogP contribution < -0.4 is 5.32 Å². The molecule has 3 unspecified atom stereocenters. The second kappa shape index (κ2) is 8.37. The Morgan fingerprint density at radius 1 is 1.22 bits per heavy atom. The molecule has 1 saturated heterocycles. The van der Waals surface area contributed by atoms with Crippen molar-refractivity contribution in [2.24, 2.45) is 0 Å². The van der Waals surface area contributed by atoms with Crippen molar-refractivity contribution in [2.45, 2.75) is 32.1 Å².